The largest absolute Gasteiger partial charge is 0.494 e. The van der Waals surface area contributed by atoms with Crippen molar-refractivity contribution in [1.82, 2.24) is 9.97 Å². The first kappa shape index (κ1) is 13.8. The molecule has 21 heavy (non-hydrogen) atoms. The minimum absolute atomic E-state index is 0.468. The normalized spacial score (nSPS) is 10.8. The molecule has 0 fully saturated rings. The quantitative estimate of drug-likeness (QED) is 0.653. The number of hydrogen-bond acceptors (Lipinski definition) is 3. The highest BCUT2D eigenvalue weighted by atomic mass is 35.5. The average Bonchev–Trinajstić information content (AvgIpc) is 2.53. The van der Waals surface area contributed by atoms with E-state index in [9.17, 15) is 0 Å². The SMILES string of the molecule is CCCOc1cccc(-c2nc(Cl)c3ccccc3n2)c1. The Morgan fingerprint density at radius 3 is 2.76 bits per heavy atom. The molecule has 3 rings (SSSR count). The summed E-state index contributed by atoms with van der Waals surface area (Å²) in [5.41, 5.74) is 1.74. The van der Waals surface area contributed by atoms with Crippen LogP contribution in [0.3, 0.4) is 0 Å². The summed E-state index contributed by atoms with van der Waals surface area (Å²) in [6.45, 7) is 2.78. The second kappa shape index (κ2) is 6.10. The Morgan fingerprint density at radius 1 is 1.05 bits per heavy atom. The van der Waals surface area contributed by atoms with Gasteiger partial charge in [0, 0.05) is 10.9 Å². The number of ether oxygens (including phenoxy) is 1. The van der Waals surface area contributed by atoms with Gasteiger partial charge < -0.3 is 4.74 Å². The standard InChI is InChI=1S/C17H15ClN2O/c1-2-10-21-13-7-5-6-12(11-13)17-19-15-9-4-3-8-14(15)16(18)20-17/h3-9,11H,2,10H2,1H3. The van der Waals surface area contributed by atoms with Gasteiger partial charge in [-0.1, -0.05) is 42.8 Å². The van der Waals surface area contributed by atoms with Crippen molar-refractivity contribution in [1.29, 1.82) is 0 Å². The van der Waals surface area contributed by atoms with Crippen LogP contribution in [-0.2, 0) is 0 Å². The fourth-order valence-corrected chi connectivity index (χ4v) is 2.35. The number of rotatable bonds is 4. The molecule has 0 radical (unpaired) electrons. The molecule has 0 N–H and O–H groups in total. The van der Waals surface area contributed by atoms with Crippen LogP contribution in [-0.4, -0.2) is 16.6 Å². The molecule has 0 spiro atoms. The summed E-state index contributed by atoms with van der Waals surface area (Å²) in [5.74, 6) is 1.43. The summed E-state index contributed by atoms with van der Waals surface area (Å²) < 4.78 is 5.65. The predicted octanol–water partition coefficient (Wildman–Crippen LogP) is 4.74. The van der Waals surface area contributed by atoms with Crippen molar-refractivity contribution in [2.75, 3.05) is 6.61 Å². The number of benzene rings is 2. The van der Waals surface area contributed by atoms with Crippen molar-refractivity contribution in [2.24, 2.45) is 0 Å². The third-order valence-corrected chi connectivity index (χ3v) is 3.41. The lowest BCUT2D eigenvalue weighted by atomic mass is 10.2. The third-order valence-electron chi connectivity index (χ3n) is 3.12. The van der Waals surface area contributed by atoms with Gasteiger partial charge in [0.2, 0.25) is 0 Å². The topological polar surface area (TPSA) is 35.0 Å². The maximum absolute atomic E-state index is 6.25. The molecule has 1 aromatic heterocycles. The van der Waals surface area contributed by atoms with E-state index in [0.717, 1.165) is 28.6 Å². The van der Waals surface area contributed by atoms with E-state index in [0.29, 0.717) is 17.6 Å². The maximum atomic E-state index is 6.25. The van der Waals surface area contributed by atoms with Crippen molar-refractivity contribution in [3.05, 3.63) is 53.7 Å². The van der Waals surface area contributed by atoms with E-state index in [4.69, 9.17) is 16.3 Å². The molecule has 0 bridgehead atoms. The molecule has 0 saturated heterocycles. The number of nitrogens with zero attached hydrogens (tertiary/aromatic N) is 2. The van der Waals surface area contributed by atoms with Crippen LogP contribution >= 0.6 is 11.6 Å². The molecule has 0 atom stereocenters. The highest BCUT2D eigenvalue weighted by Gasteiger charge is 2.08. The van der Waals surface area contributed by atoms with Crippen molar-refractivity contribution >= 4 is 22.5 Å². The molecule has 0 unspecified atom stereocenters. The lowest BCUT2D eigenvalue weighted by Crippen LogP contribution is -1.96. The Bertz CT molecular complexity index is 774. The predicted molar refractivity (Wildman–Crippen MR) is 85.8 cm³/mol. The average molecular weight is 299 g/mol. The van der Waals surface area contributed by atoms with Gasteiger partial charge >= 0.3 is 0 Å². The number of para-hydroxylation sites is 1. The highest BCUT2D eigenvalue weighted by Crippen LogP contribution is 2.26. The smallest absolute Gasteiger partial charge is 0.161 e. The monoisotopic (exact) mass is 298 g/mol. The number of halogens is 1. The van der Waals surface area contributed by atoms with Crippen LogP contribution in [0.5, 0.6) is 5.75 Å². The fraction of sp³-hybridized carbons (Fsp3) is 0.176. The first-order chi connectivity index (χ1) is 10.3. The Labute approximate surface area is 128 Å². The fourth-order valence-electron chi connectivity index (χ4n) is 2.11. The van der Waals surface area contributed by atoms with Crippen LogP contribution in [0.2, 0.25) is 5.15 Å². The van der Waals surface area contributed by atoms with E-state index in [1.165, 1.54) is 0 Å². The molecule has 2 aromatic carbocycles. The van der Waals surface area contributed by atoms with Crippen LogP contribution in [0.15, 0.2) is 48.5 Å². The second-order valence-electron chi connectivity index (χ2n) is 4.73. The Balaban J connectivity index is 2.04. The Morgan fingerprint density at radius 2 is 1.90 bits per heavy atom. The van der Waals surface area contributed by atoms with Gasteiger partial charge in [0.1, 0.15) is 10.9 Å². The van der Waals surface area contributed by atoms with E-state index in [-0.39, 0.29) is 0 Å². The highest BCUT2D eigenvalue weighted by molar-refractivity contribution is 6.34. The van der Waals surface area contributed by atoms with Gasteiger partial charge in [-0.15, -0.1) is 0 Å². The first-order valence-electron chi connectivity index (χ1n) is 6.93. The van der Waals surface area contributed by atoms with Crippen molar-refractivity contribution in [3.8, 4) is 17.1 Å². The van der Waals surface area contributed by atoms with Gasteiger partial charge in [0.05, 0.1) is 12.1 Å². The van der Waals surface area contributed by atoms with Gasteiger partial charge in [-0.05, 0) is 30.7 Å². The van der Waals surface area contributed by atoms with Crippen LogP contribution in [0.4, 0.5) is 0 Å². The van der Waals surface area contributed by atoms with E-state index < -0.39 is 0 Å². The number of fused-ring (bicyclic) bond motifs is 1. The van der Waals surface area contributed by atoms with Crippen molar-refractivity contribution < 1.29 is 4.74 Å². The van der Waals surface area contributed by atoms with Crippen LogP contribution < -0.4 is 4.74 Å². The zero-order valence-corrected chi connectivity index (χ0v) is 12.5. The van der Waals surface area contributed by atoms with Crippen LogP contribution in [0.1, 0.15) is 13.3 Å². The molecule has 0 aliphatic rings. The minimum Gasteiger partial charge on any atom is -0.494 e. The molecule has 0 aliphatic heterocycles. The third kappa shape index (κ3) is 2.98. The lowest BCUT2D eigenvalue weighted by molar-refractivity contribution is 0.317. The molecule has 1 heterocycles. The van der Waals surface area contributed by atoms with Gasteiger partial charge in [-0.3, -0.25) is 0 Å². The van der Waals surface area contributed by atoms with Gasteiger partial charge in [0.25, 0.3) is 0 Å². The molecule has 0 saturated carbocycles. The molecule has 3 nitrogen and oxygen atoms in total. The van der Waals surface area contributed by atoms with E-state index in [2.05, 4.69) is 16.9 Å². The van der Waals surface area contributed by atoms with E-state index >= 15 is 0 Å². The van der Waals surface area contributed by atoms with Gasteiger partial charge in [-0.25, -0.2) is 9.97 Å². The van der Waals surface area contributed by atoms with Gasteiger partial charge in [0.15, 0.2) is 5.82 Å². The molecule has 4 heteroatoms. The minimum atomic E-state index is 0.468. The second-order valence-corrected chi connectivity index (χ2v) is 5.09. The van der Waals surface area contributed by atoms with E-state index in [1.807, 2.05) is 48.5 Å². The molecule has 0 aliphatic carbocycles. The summed E-state index contributed by atoms with van der Waals surface area (Å²) in [6.07, 6.45) is 0.975. The number of aromatic nitrogens is 2. The van der Waals surface area contributed by atoms with Crippen LogP contribution in [0.25, 0.3) is 22.3 Å². The summed E-state index contributed by atoms with van der Waals surface area (Å²) in [6, 6.07) is 15.5. The van der Waals surface area contributed by atoms with E-state index in [1.54, 1.807) is 0 Å². The van der Waals surface area contributed by atoms with Crippen molar-refractivity contribution in [3.63, 3.8) is 0 Å². The summed E-state index contributed by atoms with van der Waals surface area (Å²) in [7, 11) is 0. The molecule has 3 aromatic rings. The zero-order valence-electron chi connectivity index (χ0n) is 11.7. The first-order valence-corrected chi connectivity index (χ1v) is 7.31. The molecular formula is C17H15ClN2O. The summed E-state index contributed by atoms with van der Waals surface area (Å²) in [4.78, 5) is 8.97. The van der Waals surface area contributed by atoms with Crippen molar-refractivity contribution in [2.45, 2.75) is 13.3 Å². The Hall–Kier alpha value is -2.13. The maximum Gasteiger partial charge on any atom is 0.161 e. The summed E-state index contributed by atoms with van der Waals surface area (Å²) >= 11 is 6.25. The zero-order chi connectivity index (χ0) is 14.7. The van der Waals surface area contributed by atoms with Gasteiger partial charge in [-0.2, -0.15) is 0 Å². The summed E-state index contributed by atoms with van der Waals surface area (Å²) in [5, 5.41) is 1.33. The molecular weight excluding hydrogens is 284 g/mol. The van der Waals surface area contributed by atoms with Crippen LogP contribution in [0, 0.1) is 0 Å². The molecule has 106 valence electrons. The Kier molecular flexibility index (Phi) is 4.02. The lowest BCUT2D eigenvalue weighted by Gasteiger charge is -2.07. The number of hydrogen-bond donors (Lipinski definition) is 0. The molecule has 0 amide bonds.